The molecule has 4 nitrogen and oxygen atoms in total. The highest BCUT2D eigenvalue weighted by Crippen LogP contribution is 2.20. The zero-order chi connectivity index (χ0) is 14.4. The molecule has 0 spiro atoms. The molecule has 1 aromatic carbocycles. The number of aromatic nitrogens is 1. The number of nitrogens with two attached hydrogens (primary N) is 1. The number of benzene rings is 1. The molecule has 0 atom stereocenters. The van der Waals surface area contributed by atoms with E-state index in [0.29, 0.717) is 18.2 Å². The van der Waals surface area contributed by atoms with E-state index >= 15 is 0 Å². The quantitative estimate of drug-likeness (QED) is 0.848. The number of nitrogens with zero attached hydrogens (tertiary/aromatic N) is 1. The molecule has 0 aliphatic carbocycles. The largest absolute Gasteiger partial charge is 0.476 e. The maximum atomic E-state index is 5.80. The van der Waals surface area contributed by atoms with Crippen LogP contribution in [0.4, 0.5) is 11.5 Å². The van der Waals surface area contributed by atoms with Gasteiger partial charge in [0, 0.05) is 6.54 Å². The molecule has 1 heterocycles. The Balaban J connectivity index is 1.94. The van der Waals surface area contributed by atoms with Crippen LogP contribution in [0.15, 0.2) is 36.4 Å². The van der Waals surface area contributed by atoms with Crippen LogP contribution in [0.3, 0.4) is 0 Å². The molecule has 0 amide bonds. The maximum absolute atomic E-state index is 5.80. The van der Waals surface area contributed by atoms with Crippen LogP contribution < -0.4 is 15.8 Å². The predicted octanol–water partition coefficient (Wildman–Crippen LogP) is 3.03. The molecule has 20 heavy (non-hydrogen) atoms. The molecule has 2 aromatic rings. The van der Waals surface area contributed by atoms with E-state index in [9.17, 15) is 0 Å². The topological polar surface area (TPSA) is 60.2 Å². The van der Waals surface area contributed by atoms with E-state index in [1.807, 2.05) is 19.1 Å². The second-order valence-corrected chi connectivity index (χ2v) is 4.63. The average molecular weight is 271 g/mol. The Labute approximate surface area is 120 Å². The lowest BCUT2D eigenvalue weighted by molar-refractivity contribution is 0.329. The lowest BCUT2D eigenvalue weighted by Crippen LogP contribution is -2.08. The van der Waals surface area contributed by atoms with Gasteiger partial charge in [-0.05, 0) is 43.5 Å². The molecule has 0 fully saturated rings. The van der Waals surface area contributed by atoms with Crippen molar-refractivity contribution in [3.05, 3.63) is 47.5 Å². The van der Waals surface area contributed by atoms with Gasteiger partial charge in [-0.1, -0.05) is 24.3 Å². The number of ether oxygens (including phenoxy) is 1. The predicted molar refractivity (Wildman–Crippen MR) is 83.2 cm³/mol. The molecule has 0 saturated heterocycles. The maximum Gasteiger partial charge on any atom is 0.239 e. The average Bonchev–Trinajstić information content (AvgIpc) is 2.45. The molecule has 106 valence electrons. The van der Waals surface area contributed by atoms with Crippen LogP contribution in [0.1, 0.15) is 18.1 Å². The van der Waals surface area contributed by atoms with Gasteiger partial charge < -0.3 is 15.8 Å². The summed E-state index contributed by atoms with van der Waals surface area (Å²) in [6.45, 7) is 5.43. The minimum Gasteiger partial charge on any atom is -0.476 e. The standard InChI is InChI=1S/C16H21N3O/c1-3-20-16-14(17)8-9-15(19-16)18-11-10-13-7-5-4-6-12(13)2/h4-9H,3,10-11,17H2,1-2H3,(H,18,19). The first-order valence-electron chi connectivity index (χ1n) is 6.88. The Kier molecular flexibility index (Phi) is 4.82. The van der Waals surface area contributed by atoms with Crippen molar-refractivity contribution in [2.45, 2.75) is 20.3 Å². The minimum atomic E-state index is 0.494. The summed E-state index contributed by atoms with van der Waals surface area (Å²) in [6.07, 6.45) is 0.961. The van der Waals surface area contributed by atoms with Gasteiger partial charge in [0.25, 0.3) is 0 Å². The van der Waals surface area contributed by atoms with Crippen molar-refractivity contribution in [1.82, 2.24) is 4.98 Å². The summed E-state index contributed by atoms with van der Waals surface area (Å²) in [6, 6.07) is 12.1. The third kappa shape index (κ3) is 3.63. The Morgan fingerprint density at radius 3 is 2.75 bits per heavy atom. The van der Waals surface area contributed by atoms with Crippen LogP contribution in [-0.4, -0.2) is 18.1 Å². The van der Waals surface area contributed by atoms with Crippen LogP contribution in [-0.2, 0) is 6.42 Å². The first-order valence-corrected chi connectivity index (χ1v) is 6.88. The lowest BCUT2D eigenvalue weighted by Gasteiger charge is -2.10. The summed E-state index contributed by atoms with van der Waals surface area (Å²) in [4.78, 5) is 4.36. The molecule has 0 radical (unpaired) electrons. The summed E-state index contributed by atoms with van der Waals surface area (Å²) >= 11 is 0. The molecular formula is C16H21N3O. The van der Waals surface area contributed by atoms with Crippen molar-refractivity contribution in [2.24, 2.45) is 0 Å². The van der Waals surface area contributed by atoms with Gasteiger partial charge in [-0.15, -0.1) is 0 Å². The smallest absolute Gasteiger partial charge is 0.239 e. The number of pyridine rings is 1. The third-order valence-electron chi connectivity index (χ3n) is 3.13. The molecule has 3 N–H and O–H groups in total. The van der Waals surface area contributed by atoms with Gasteiger partial charge >= 0.3 is 0 Å². The summed E-state index contributed by atoms with van der Waals surface area (Å²) in [5.74, 6) is 1.28. The van der Waals surface area contributed by atoms with Crippen LogP contribution in [0, 0.1) is 6.92 Å². The van der Waals surface area contributed by atoms with Gasteiger partial charge in [0.05, 0.1) is 12.3 Å². The van der Waals surface area contributed by atoms with Crippen molar-refractivity contribution in [3.63, 3.8) is 0 Å². The van der Waals surface area contributed by atoms with Crippen LogP contribution in [0.25, 0.3) is 0 Å². The number of nitrogens with one attached hydrogen (secondary N) is 1. The number of aryl methyl sites for hydroxylation is 1. The summed E-state index contributed by atoms with van der Waals surface area (Å²) in [5.41, 5.74) is 9.03. The summed E-state index contributed by atoms with van der Waals surface area (Å²) in [5, 5.41) is 3.30. The van der Waals surface area contributed by atoms with Crippen molar-refractivity contribution in [1.29, 1.82) is 0 Å². The van der Waals surface area contributed by atoms with Crippen molar-refractivity contribution in [3.8, 4) is 5.88 Å². The van der Waals surface area contributed by atoms with Gasteiger partial charge in [-0.2, -0.15) is 4.98 Å². The molecular weight excluding hydrogens is 250 g/mol. The molecule has 4 heteroatoms. The first kappa shape index (κ1) is 14.2. The molecule has 0 unspecified atom stereocenters. The van der Waals surface area contributed by atoms with Crippen LogP contribution in [0.5, 0.6) is 5.88 Å². The van der Waals surface area contributed by atoms with E-state index in [2.05, 4.69) is 41.5 Å². The van der Waals surface area contributed by atoms with Crippen molar-refractivity contribution in [2.75, 3.05) is 24.2 Å². The molecule has 2 rings (SSSR count). The Hall–Kier alpha value is -2.23. The number of rotatable bonds is 6. The molecule has 0 aliphatic heterocycles. The van der Waals surface area contributed by atoms with Crippen LogP contribution >= 0.6 is 0 Å². The van der Waals surface area contributed by atoms with Gasteiger partial charge in [0.2, 0.25) is 5.88 Å². The fourth-order valence-electron chi connectivity index (χ4n) is 2.02. The van der Waals surface area contributed by atoms with Crippen molar-refractivity contribution < 1.29 is 4.74 Å². The second-order valence-electron chi connectivity index (χ2n) is 4.63. The minimum absolute atomic E-state index is 0.494. The Morgan fingerprint density at radius 1 is 1.20 bits per heavy atom. The number of hydrogen-bond donors (Lipinski definition) is 2. The highest BCUT2D eigenvalue weighted by Gasteiger charge is 2.03. The van der Waals surface area contributed by atoms with Gasteiger partial charge in [0.1, 0.15) is 5.82 Å². The van der Waals surface area contributed by atoms with Crippen molar-refractivity contribution >= 4 is 11.5 Å². The zero-order valence-electron chi connectivity index (χ0n) is 12.0. The number of nitrogen functional groups attached to an aromatic ring is 1. The summed E-state index contributed by atoms with van der Waals surface area (Å²) < 4.78 is 5.38. The van der Waals surface area contributed by atoms with Gasteiger partial charge in [0.15, 0.2) is 0 Å². The van der Waals surface area contributed by atoms with E-state index in [1.165, 1.54) is 11.1 Å². The first-order chi connectivity index (χ1) is 9.70. The second kappa shape index (κ2) is 6.80. The van der Waals surface area contributed by atoms with E-state index in [1.54, 1.807) is 0 Å². The molecule has 0 saturated carbocycles. The number of anilines is 2. The zero-order valence-corrected chi connectivity index (χ0v) is 12.0. The van der Waals surface area contributed by atoms with E-state index < -0.39 is 0 Å². The molecule has 0 aliphatic rings. The lowest BCUT2D eigenvalue weighted by atomic mass is 10.1. The van der Waals surface area contributed by atoms with E-state index in [0.717, 1.165) is 18.8 Å². The molecule has 0 bridgehead atoms. The molecule has 1 aromatic heterocycles. The Bertz CT molecular complexity index is 569. The normalized spacial score (nSPS) is 10.3. The number of hydrogen-bond acceptors (Lipinski definition) is 4. The third-order valence-corrected chi connectivity index (χ3v) is 3.13. The van der Waals surface area contributed by atoms with E-state index in [4.69, 9.17) is 10.5 Å². The highest BCUT2D eigenvalue weighted by molar-refractivity contribution is 5.53. The Morgan fingerprint density at radius 2 is 2.00 bits per heavy atom. The highest BCUT2D eigenvalue weighted by atomic mass is 16.5. The van der Waals surface area contributed by atoms with E-state index in [-0.39, 0.29) is 0 Å². The van der Waals surface area contributed by atoms with Crippen LogP contribution in [0.2, 0.25) is 0 Å². The summed E-state index contributed by atoms with van der Waals surface area (Å²) in [7, 11) is 0. The monoisotopic (exact) mass is 271 g/mol. The van der Waals surface area contributed by atoms with Gasteiger partial charge in [-0.25, -0.2) is 0 Å². The fourth-order valence-corrected chi connectivity index (χ4v) is 2.02. The SMILES string of the molecule is CCOc1nc(NCCc2ccccc2C)ccc1N. The fraction of sp³-hybridized carbons (Fsp3) is 0.312. The van der Waals surface area contributed by atoms with Gasteiger partial charge in [-0.3, -0.25) is 0 Å².